The summed E-state index contributed by atoms with van der Waals surface area (Å²) in [5.74, 6) is 1.56. The minimum atomic E-state index is 0.361. The lowest BCUT2D eigenvalue weighted by Gasteiger charge is -1.88. The highest BCUT2D eigenvalue weighted by atomic mass is 32.2. The average molecular weight is 221 g/mol. The van der Waals surface area contributed by atoms with E-state index in [1.54, 1.807) is 18.4 Å². The molecule has 0 aliphatic carbocycles. The normalized spacial score (nSPS) is 10.1. The van der Waals surface area contributed by atoms with Gasteiger partial charge in [0.2, 0.25) is 0 Å². The van der Waals surface area contributed by atoms with Gasteiger partial charge in [0.05, 0.1) is 12.3 Å². The van der Waals surface area contributed by atoms with Crippen LogP contribution in [0.15, 0.2) is 32.5 Å². The predicted molar refractivity (Wildman–Crippen MR) is 53.0 cm³/mol. The van der Waals surface area contributed by atoms with Crippen molar-refractivity contribution in [2.24, 2.45) is 0 Å². The van der Waals surface area contributed by atoms with E-state index in [0.717, 1.165) is 0 Å². The largest absolute Gasteiger partial charge is 0.459 e. The molecule has 2 rings (SSSR count). The molecule has 0 aliphatic rings. The fourth-order valence-corrected chi connectivity index (χ4v) is 1.56. The first-order chi connectivity index (χ1) is 7.40. The van der Waals surface area contributed by atoms with E-state index in [9.17, 15) is 0 Å². The van der Waals surface area contributed by atoms with Crippen molar-refractivity contribution in [1.29, 1.82) is 5.26 Å². The van der Waals surface area contributed by atoms with E-state index < -0.39 is 0 Å². The molecule has 5 nitrogen and oxygen atoms in total. The molecule has 0 bridgehead atoms. The summed E-state index contributed by atoms with van der Waals surface area (Å²) in [7, 11) is 0. The number of nitriles is 1. The molecule has 6 heteroatoms. The van der Waals surface area contributed by atoms with Crippen LogP contribution in [0.2, 0.25) is 0 Å². The van der Waals surface area contributed by atoms with E-state index in [0.29, 0.717) is 29.0 Å². The van der Waals surface area contributed by atoms with Crippen molar-refractivity contribution >= 4 is 11.8 Å². The first-order valence-electron chi connectivity index (χ1n) is 4.27. The van der Waals surface area contributed by atoms with Gasteiger partial charge in [-0.15, -0.1) is 10.2 Å². The Morgan fingerprint density at radius 3 is 3.13 bits per heavy atom. The lowest BCUT2D eigenvalue weighted by atomic mass is 10.5. The Balaban J connectivity index is 2.02. The summed E-state index contributed by atoms with van der Waals surface area (Å²) in [4.78, 5) is 0. The number of thioether (sulfide) groups is 1. The average Bonchev–Trinajstić information content (AvgIpc) is 2.87. The van der Waals surface area contributed by atoms with Crippen molar-refractivity contribution in [2.75, 3.05) is 5.75 Å². The first-order valence-corrected chi connectivity index (χ1v) is 5.26. The molecular weight excluding hydrogens is 214 g/mol. The zero-order valence-corrected chi connectivity index (χ0v) is 8.53. The van der Waals surface area contributed by atoms with Crippen LogP contribution >= 0.6 is 11.8 Å². The Hall–Kier alpha value is -1.74. The second-order valence-corrected chi connectivity index (χ2v) is 3.65. The fourth-order valence-electron chi connectivity index (χ4n) is 0.952. The maximum absolute atomic E-state index is 8.35. The number of nitrogens with zero attached hydrogens (tertiary/aromatic N) is 3. The molecule has 15 heavy (non-hydrogen) atoms. The van der Waals surface area contributed by atoms with Gasteiger partial charge in [-0.25, -0.2) is 0 Å². The molecular formula is C9H7N3O2S. The second kappa shape index (κ2) is 4.66. The SMILES string of the molecule is N#CCCSc1nnc(-c2ccco2)o1. The van der Waals surface area contributed by atoms with Crippen LogP contribution in [0.25, 0.3) is 11.7 Å². The summed E-state index contributed by atoms with van der Waals surface area (Å²) in [6, 6.07) is 5.54. The number of hydrogen-bond acceptors (Lipinski definition) is 6. The molecule has 0 aliphatic heterocycles. The van der Waals surface area contributed by atoms with Crippen molar-refractivity contribution < 1.29 is 8.83 Å². The fraction of sp³-hybridized carbons (Fsp3) is 0.222. The number of rotatable bonds is 4. The maximum Gasteiger partial charge on any atom is 0.284 e. The standard InChI is InChI=1S/C9H7N3O2S/c10-4-2-6-15-9-12-11-8(14-9)7-3-1-5-13-7/h1,3,5H,2,6H2. The molecule has 2 aromatic rings. The molecule has 0 saturated heterocycles. The van der Waals surface area contributed by atoms with Crippen molar-refractivity contribution in [1.82, 2.24) is 10.2 Å². The van der Waals surface area contributed by atoms with Gasteiger partial charge in [0.25, 0.3) is 11.1 Å². The Bertz CT molecular complexity index is 458. The third-order valence-electron chi connectivity index (χ3n) is 1.58. The summed E-state index contributed by atoms with van der Waals surface area (Å²) in [6.45, 7) is 0. The number of furan rings is 1. The summed E-state index contributed by atoms with van der Waals surface area (Å²) in [6.07, 6.45) is 2.01. The number of aromatic nitrogens is 2. The molecule has 2 heterocycles. The van der Waals surface area contributed by atoms with Gasteiger partial charge in [-0.3, -0.25) is 0 Å². The van der Waals surface area contributed by atoms with Gasteiger partial charge >= 0.3 is 0 Å². The van der Waals surface area contributed by atoms with Crippen LogP contribution in [0.1, 0.15) is 6.42 Å². The highest BCUT2D eigenvalue weighted by molar-refractivity contribution is 7.99. The highest BCUT2D eigenvalue weighted by Gasteiger charge is 2.10. The molecule has 76 valence electrons. The summed E-state index contributed by atoms with van der Waals surface area (Å²) in [5.41, 5.74) is 0. The van der Waals surface area contributed by atoms with E-state index in [4.69, 9.17) is 14.1 Å². The molecule has 0 aromatic carbocycles. The minimum absolute atomic E-state index is 0.361. The molecule has 0 spiro atoms. The maximum atomic E-state index is 8.35. The Labute approximate surface area is 90.1 Å². The summed E-state index contributed by atoms with van der Waals surface area (Å²) < 4.78 is 10.4. The van der Waals surface area contributed by atoms with Crippen LogP contribution in [0.4, 0.5) is 0 Å². The topological polar surface area (TPSA) is 75.8 Å². The third-order valence-corrected chi connectivity index (χ3v) is 2.40. The van der Waals surface area contributed by atoms with E-state index in [-0.39, 0.29) is 0 Å². The second-order valence-electron chi connectivity index (χ2n) is 2.61. The zero-order chi connectivity index (χ0) is 10.5. The zero-order valence-electron chi connectivity index (χ0n) is 7.71. The molecule has 0 saturated carbocycles. The molecule has 0 atom stereocenters. The summed E-state index contributed by atoms with van der Waals surface area (Å²) >= 11 is 1.36. The molecule has 0 N–H and O–H groups in total. The third kappa shape index (κ3) is 2.39. The van der Waals surface area contributed by atoms with E-state index in [1.807, 2.05) is 6.07 Å². The van der Waals surface area contributed by atoms with Crippen LogP contribution < -0.4 is 0 Å². The highest BCUT2D eigenvalue weighted by Crippen LogP contribution is 2.23. The van der Waals surface area contributed by atoms with Crippen molar-refractivity contribution in [3.63, 3.8) is 0 Å². The lowest BCUT2D eigenvalue weighted by Crippen LogP contribution is -1.76. The Morgan fingerprint density at radius 2 is 2.40 bits per heavy atom. The van der Waals surface area contributed by atoms with Crippen LogP contribution in [-0.2, 0) is 0 Å². The Morgan fingerprint density at radius 1 is 1.47 bits per heavy atom. The minimum Gasteiger partial charge on any atom is -0.459 e. The lowest BCUT2D eigenvalue weighted by molar-refractivity contribution is 0.447. The van der Waals surface area contributed by atoms with Gasteiger partial charge in [-0.05, 0) is 12.1 Å². The van der Waals surface area contributed by atoms with Gasteiger partial charge in [0.1, 0.15) is 0 Å². The molecule has 0 fully saturated rings. The van der Waals surface area contributed by atoms with E-state index in [1.165, 1.54) is 11.8 Å². The van der Waals surface area contributed by atoms with E-state index in [2.05, 4.69) is 10.2 Å². The van der Waals surface area contributed by atoms with Crippen molar-refractivity contribution in [2.45, 2.75) is 11.6 Å². The quantitative estimate of drug-likeness (QED) is 0.582. The summed E-state index contributed by atoms with van der Waals surface area (Å²) in [5, 5.41) is 16.5. The molecule has 0 radical (unpaired) electrons. The van der Waals surface area contributed by atoms with Gasteiger partial charge < -0.3 is 8.83 Å². The monoisotopic (exact) mass is 221 g/mol. The smallest absolute Gasteiger partial charge is 0.284 e. The van der Waals surface area contributed by atoms with Crippen molar-refractivity contribution in [3.8, 4) is 17.7 Å². The van der Waals surface area contributed by atoms with Gasteiger partial charge in [0.15, 0.2) is 5.76 Å². The molecule has 2 aromatic heterocycles. The van der Waals surface area contributed by atoms with Gasteiger partial charge in [-0.1, -0.05) is 11.8 Å². The number of hydrogen-bond donors (Lipinski definition) is 0. The van der Waals surface area contributed by atoms with Gasteiger partial charge in [0, 0.05) is 12.2 Å². The van der Waals surface area contributed by atoms with Crippen molar-refractivity contribution in [3.05, 3.63) is 18.4 Å². The Kier molecular flexibility index (Phi) is 3.05. The predicted octanol–water partition coefficient (Wildman–Crippen LogP) is 2.34. The first kappa shape index (κ1) is 9.80. The van der Waals surface area contributed by atoms with Crippen LogP contribution in [-0.4, -0.2) is 16.0 Å². The van der Waals surface area contributed by atoms with E-state index >= 15 is 0 Å². The van der Waals surface area contributed by atoms with Crippen LogP contribution in [0.5, 0.6) is 0 Å². The van der Waals surface area contributed by atoms with Crippen LogP contribution in [0, 0.1) is 11.3 Å². The van der Waals surface area contributed by atoms with Gasteiger partial charge in [-0.2, -0.15) is 5.26 Å². The molecule has 0 unspecified atom stereocenters. The molecule has 0 amide bonds. The van der Waals surface area contributed by atoms with Crippen LogP contribution in [0.3, 0.4) is 0 Å².